The summed E-state index contributed by atoms with van der Waals surface area (Å²) in [4.78, 5) is 12.6. The van der Waals surface area contributed by atoms with Gasteiger partial charge >= 0.3 is 5.97 Å². The molecule has 9 heteroatoms. The van der Waals surface area contributed by atoms with Gasteiger partial charge in [-0.25, -0.2) is 22.4 Å². The van der Waals surface area contributed by atoms with E-state index in [-0.39, 0.29) is 41.4 Å². The van der Waals surface area contributed by atoms with Crippen LogP contribution in [0, 0.1) is 29.1 Å². The Bertz CT molecular complexity index is 1370. The van der Waals surface area contributed by atoms with Crippen LogP contribution in [0.2, 0.25) is 0 Å². The fourth-order valence-electron chi connectivity index (χ4n) is 5.15. The Morgan fingerprint density at radius 3 is 2.23 bits per heavy atom. The predicted octanol–water partition coefficient (Wildman–Crippen LogP) is 8.16. The van der Waals surface area contributed by atoms with Gasteiger partial charge in [0.2, 0.25) is 5.82 Å². The predicted molar refractivity (Wildman–Crippen MR) is 140 cm³/mol. The van der Waals surface area contributed by atoms with Crippen LogP contribution < -0.4 is 4.74 Å². The molecule has 4 nitrogen and oxygen atoms in total. The molecule has 0 radical (unpaired) electrons. The Morgan fingerprint density at radius 1 is 0.875 bits per heavy atom. The highest BCUT2D eigenvalue weighted by molar-refractivity contribution is 5.90. The molecule has 0 amide bonds. The molecule has 1 fully saturated rings. The third kappa shape index (κ3) is 6.14. The Labute approximate surface area is 229 Å². The molecule has 4 rings (SSSR count). The van der Waals surface area contributed by atoms with Crippen molar-refractivity contribution < 1.29 is 41.3 Å². The molecule has 0 aliphatic heterocycles. The number of aliphatic hydroxyl groups excluding tert-OH is 1. The summed E-state index contributed by atoms with van der Waals surface area (Å²) in [5.41, 5.74) is -0.356. The number of benzene rings is 3. The van der Waals surface area contributed by atoms with Gasteiger partial charge in [-0.2, -0.15) is 4.39 Å². The molecule has 214 valence electrons. The van der Waals surface area contributed by atoms with Gasteiger partial charge in [-0.15, -0.1) is 0 Å². The standard InChI is InChI=1S/C31H31F5O4/c1-3-5-25(37)22-12-13-23(29(35)28(22)34)31(38)40-19-9-6-17(7-10-19)18-8-11-20(24(32)16-18)21-14-15-26(39-4-2)30(36)27(21)33/h8,11-17,19,25,37H,3-7,9-10H2,1-2H3. The molecule has 1 atom stereocenters. The fraction of sp³-hybridized carbons (Fsp3) is 0.387. The minimum Gasteiger partial charge on any atom is -0.491 e. The third-order valence-corrected chi connectivity index (χ3v) is 7.30. The van der Waals surface area contributed by atoms with E-state index in [1.165, 1.54) is 30.3 Å². The maximum absolute atomic E-state index is 15.0. The number of rotatable bonds is 9. The normalized spacial score (nSPS) is 17.9. The molecule has 1 unspecified atom stereocenters. The van der Waals surface area contributed by atoms with Gasteiger partial charge in [-0.3, -0.25) is 0 Å². The minimum atomic E-state index is -1.36. The largest absolute Gasteiger partial charge is 0.491 e. The van der Waals surface area contributed by atoms with Crippen LogP contribution in [-0.4, -0.2) is 23.8 Å². The fourth-order valence-corrected chi connectivity index (χ4v) is 5.15. The van der Waals surface area contributed by atoms with Gasteiger partial charge in [0.25, 0.3) is 0 Å². The summed E-state index contributed by atoms with van der Waals surface area (Å²) in [5.74, 6) is -6.98. The van der Waals surface area contributed by atoms with Crippen molar-refractivity contribution in [3.63, 3.8) is 0 Å². The number of halogens is 5. The van der Waals surface area contributed by atoms with Crippen LogP contribution in [-0.2, 0) is 4.74 Å². The molecule has 3 aromatic carbocycles. The summed E-state index contributed by atoms with van der Waals surface area (Å²) >= 11 is 0. The molecule has 1 N–H and O–H groups in total. The lowest BCUT2D eigenvalue weighted by molar-refractivity contribution is 0.0189. The molecule has 0 spiro atoms. The van der Waals surface area contributed by atoms with Gasteiger partial charge in [0.15, 0.2) is 23.2 Å². The minimum absolute atomic E-state index is 0.0612. The summed E-state index contributed by atoms with van der Waals surface area (Å²) < 4.78 is 83.4. The second kappa shape index (κ2) is 12.8. The van der Waals surface area contributed by atoms with E-state index in [1.807, 2.05) is 0 Å². The number of carbonyl (C=O) groups is 1. The van der Waals surface area contributed by atoms with E-state index in [9.17, 15) is 27.5 Å². The smallest absolute Gasteiger partial charge is 0.341 e. The summed E-state index contributed by atoms with van der Waals surface area (Å²) in [6.07, 6.45) is 1.08. The van der Waals surface area contributed by atoms with Gasteiger partial charge in [0.1, 0.15) is 11.9 Å². The highest BCUT2D eigenvalue weighted by Gasteiger charge is 2.29. The van der Waals surface area contributed by atoms with Gasteiger partial charge in [0, 0.05) is 16.7 Å². The van der Waals surface area contributed by atoms with Crippen molar-refractivity contribution in [1.29, 1.82) is 0 Å². The Balaban J connectivity index is 1.39. The monoisotopic (exact) mass is 562 g/mol. The molecule has 1 saturated carbocycles. The lowest BCUT2D eigenvalue weighted by atomic mass is 9.82. The lowest BCUT2D eigenvalue weighted by Crippen LogP contribution is -2.24. The maximum atomic E-state index is 15.0. The topological polar surface area (TPSA) is 55.8 Å². The van der Waals surface area contributed by atoms with E-state index in [0.29, 0.717) is 37.7 Å². The first kappa shape index (κ1) is 29.5. The van der Waals surface area contributed by atoms with Crippen molar-refractivity contribution in [2.75, 3.05) is 6.61 Å². The highest BCUT2D eigenvalue weighted by Crippen LogP contribution is 2.38. The van der Waals surface area contributed by atoms with Crippen LogP contribution in [0.15, 0.2) is 42.5 Å². The first-order valence-corrected chi connectivity index (χ1v) is 13.4. The van der Waals surface area contributed by atoms with Crippen molar-refractivity contribution >= 4 is 5.97 Å². The van der Waals surface area contributed by atoms with Crippen molar-refractivity contribution in [2.45, 2.75) is 70.5 Å². The molecule has 0 heterocycles. The summed E-state index contributed by atoms with van der Waals surface area (Å²) in [6.45, 7) is 3.60. The average Bonchev–Trinajstić information content (AvgIpc) is 2.93. The van der Waals surface area contributed by atoms with Crippen molar-refractivity contribution in [2.24, 2.45) is 0 Å². The zero-order valence-electron chi connectivity index (χ0n) is 22.3. The molecule has 1 aliphatic rings. The molecule has 0 aromatic heterocycles. The molecular weight excluding hydrogens is 531 g/mol. The van der Waals surface area contributed by atoms with Crippen LogP contribution in [0.5, 0.6) is 5.75 Å². The first-order chi connectivity index (χ1) is 19.2. The van der Waals surface area contributed by atoms with E-state index in [0.717, 1.165) is 6.07 Å². The van der Waals surface area contributed by atoms with Crippen molar-refractivity contribution in [1.82, 2.24) is 0 Å². The number of hydrogen-bond acceptors (Lipinski definition) is 4. The van der Waals surface area contributed by atoms with Crippen molar-refractivity contribution in [3.8, 4) is 16.9 Å². The van der Waals surface area contributed by atoms with Gasteiger partial charge in [-0.1, -0.05) is 31.5 Å². The average molecular weight is 563 g/mol. The molecule has 0 saturated heterocycles. The maximum Gasteiger partial charge on any atom is 0.341 e. The zero-order valence-corrected chi connectivity index (χ0v) is 22.3. The highest BCUT2D eigenvalue weighted by atomic mass is 19.2. The SMILES string of the molecule is CCCC(O)c1ccc(C(=O)OC2CCC(c3ccc(-c4ccc(OCC)c(F)c4F)c(F)c3)CC2)c(F)c1F. The number of esters is 1. The Hall–Kier alpha value is -3.46. The van der Waals surface area contributed by atoms with E-state index in [1.54, 1.807) is 19.9 Å². The zero-order chi connectivity index (χ0) is 29.0. The second-order valence-corrected chi connectivity index (χ2v) is 9.93. The summed E-state index contributed by atoms with van der Waals surface area (Å²) in [6, 6.07) is 9.21. The number of ether oxygens (including phenoxy) is 2. The van der Waals surface area contributed by atoms with Gasteiger partial charge in [0.05, 0.1) is 18.3 Å². The van der Waals surface area contributed by atoms with E-state index in [4.69, 9.17) is 9.47 Å². The van der Waals surface area contributed by atoms with E-state index in [2.05, 4.69) is 0 Å². The van der Waals surface area contributed by atoms with Crippen LogP contribution >= 0.6 is 0 Å². The molecular formula is C31H31F5O4. The van der Waals surface area contributed by atoms with Crippen LogP contribution in [0.25, 0.3) is 11.1 Å². The number of carbonyl (C=O) groups excluding carboxylic acids is 1. The summed E-state index contributed by atoms with van der Waals surface area (Å²) in [7, 11) is 0. The van der Waals surface area contributed by atoms with Crippen LogP contribution in [0.1, 0.15) is 85.9 Å². The number of aliphatic hydroxyl groups is 1. The van der Waals surface area contributed by atoms with E-state index < -0.39 is 52.8 Å². The van der Waals surface area contributed by atoms with E-state index >= 15 is 4.39 Å². The Kier molecular flexibility index (Phi) is 9.45. The number of hydrogen-bond donors (Lipinski definition) is 1. The molecule has 40 heavy (non-hydrogen) atoms. The van der Waals surface area contributed by atoms with Gasteiger partial charge in [-0.05, 0) is 74.8 Å². The quantitative estimate of drug-likeness (QED) is 0.211. The first-order valence-electron chi connectivity index (χ1n) is 13.4. The Morgan fingerprint density at radius 2 is 1.57 bits per heavy atom. The lowest BCUT2D eigenvalue weighted by Gasteiger charge is -2.29. The summed E-state index contributed by atoms with van der Waals surface area (Å²) in [5, 5.41) is 9.99. The van der Waals surface area contributed by atoms with Crippen LogP contribution in [0.4, 0.5) is 22.0 Å². The van der Waals surface area contributed by atoms with Gasteiger partial charge < -0.3 is 14.6 Å². The second-order valence-electron chi connectivity index (χ2n) is 9.93. The molecule has 1 aliphatic carbocycles. The molecule has 0 bridgehead atoms. The van der Waals surface area contributed by atoms with Crippen molar-refractivity contribution in [3.05, 3.63) is 88.2 Å². The van der Waals surface area contributed by atoms with Crippen LogP contribution in [0.3, 0.4) is 0 Å². The third-order valence-electron chi connectivity index (χ3n) is 7.30. The molecule has 3 aromatic rings.